The van der Waals surface area contributed by atoms with Crippen molar-refractivity contribution in [1.82, 2.24) is 9.80 Å². The Morgan fingerprint density at radius 3 is 2.83 bits per heavy atom. The third-order valence-corrected chi connectivity index (χ3v) is 3.70. The highest BCUT2D eigenvalue weighted by Crippen LogP contribution is 2.18. The standard InChI is InChI=1S/C15H24N2O/c1-16(12-14-6-3-2-4-7-14)13-15-8-5-9-17(15)10-11-18/h2-4,6-7,15,18H,5,8-13H2,1H3/t15-/m1/s1. The summed E-state index contributed by atoms with van der Waals surface area (Å²) in [5, 5.41) is 9.06. The summed E-state index contributed by atoms with van der Waals surface area (Å²) in [5.41, 5.74) is 1.37. The summed E-state index contributed by atoms with van der Waals surface area (Å²) < 4.78 is 0. The van der Waals surface area contributed by atoms with Gasteiger partial charge in [-0.1, -0.05) is 30.3 Å². The van der Waals surface area contributed by atoms with Crippen LogP contribution in [-0.2, 0) is 6.54 Å². The third kappa shape index (κ3) is 3.80. The summed E-state index contributed by atoms with van der Waals surface area (Å²) >= 11 is 0. The average Bonchev–Trinajstić information content (AvgIpc) is 2.78. The topological polar surface area (TPSA) is 26.7 Å². The quantitative estimate of drug-likeness (QED) is 0.828. The highest BCUT2D eigenvalue weighted by Gasteiger charge is 2.24. The Kier molecular flexibility index (Phi) is 5.17. The van der Waals surface area contributed by atoms with Crippen molar-refractivity contribution in [3.05, 3.63) is 35.9 Å². The Hall–Kier alpha value is -0.900. The molecule has 1 aliphatic heterocycles. The van der Waals surface area contributed by atoms with E-state index in [2.05, 4.69) is 47.2 Å². The molecule has 1 atom stereocenters. The molecule has 18 heavy (non-hydrogen) atoms. The molecule has 1 N–H and O–H groups in total. The second-order valence-corrected chi connectivity index (χ2v) is 5.24. The van der Waals surface area contributed by atoms with Crippen molar-refractivity contribution in [1.29, 1.82) is 0 Å². The van der Waals surface area contributed by atoms with Crippen molar-refractivity contribution in [2.45, 2.75) is 25.4 Å². The molecule has 3 heteroatoms. The molecule has 1 aromatic rings. The van der Waals surface area contributed by atoms with Crippen LogP contribution >= 0.6 is 0 Å². The van der Waals surface area contributed by atoms with Crippen LogP contribution in [-0.4, -0.2) is 54.2 Å². The van der Waals surface area contributed by atoms with Crippen LogP contribution in [0.4, 0.5) is 0 Å². The van der Waals surface area contributed by atoms with Gasteiger partial charge in [-0.3, -0.25) is 4.90 Å². The van der Waals surface area contributed by atoms with Gasteiger partial charge in [0.05, 0.1) is 6.61 Å². The molecule has 0 radical (unpaired) electrons. The smallest absolute Gasteiger partial charge is 0.0558 e. The number of likely N-dealkylation sites (tertiary alicyclic amines) is 1. The first-order valence-corrected chi connectivity index (χ1v) is 6.87. The minimum atomic E-state index is 0.277. The van der Waals surface area contributed by atoms with E-state index in [0.717, 1.165) is 26.2 Å². The summed E-state index contributed by atoms with van der Waals surface area (Å²) in [7, 11) is 2.18. The predicted molar refractivity (Wildman–Crippen MR) is 74.5 cm³/mol. The van der Waals surface area contributed by atoms with E-state index in [4.69, 9.17) is 5.11 Å². The molecule has 100 valence electrons. The fourth-order valence-electron chi connectivity index (χ4n) is 2.84. The molecule has 1 saturated heterocycles. The molecule has 0 saturated carbocycles. The first-order valence-electron chi connectivity index (χ1n) is 6.87. The zero-order chi connectivity index (χ0) is 12.8. The van der Waals surface area contributed by atoms with Gasteiger partial charge in [-0.15, -0.1) is 0 Å². The number of likely N-dealkylation sites (N-methyl/N-ethyl adjacent to an activating group) is 1. The van der Waals surface area contributed by atoms with Crippen LogP contribution < -0.4 is 0 Å². The first kappa shape index (κ1) is 13.5. The van der Waals surface area contributed by atoms with Gasteiger partial charge in [0.2, 0.25) is 0 Å². The summed E-state index contributed by atoms with van der Waals surface area (Å²) in [6.07, 6.45) is 2.53. The maximum atomic E-state index is 9.06. The number of hydrogen-bond acceptors (Lipinski definition) is 3. The van der Waals surface area contributed by atoms with Crippen LogP contribution in [0.15, 0.2) is 30.3 Å². The molecule has 1 aromatic carbocycles. The molecule has 3 nitrogen and oxygen atoms in total. The summed E-state index contributed by atoms with van der Waals surface area (Å²) in [4.78, 5) is 4.80. The molecular weight excluding hydrogens is 224 g/mol. The van der Waals surface area contributed by atoms with Gasteiger partial charge in [-0.2, -0.15) is 0 Å². The number of aliphatic hydroxyl groups excluding tert-OH is 1. The monoisotopic (exact) mass is 248 g/mol. The molecule has 0 amide bonds. The normalized spacial score (nSPS) is 20.7. The molecule has 1 aliphatic rings. The minimum absolute atomic E-state index is 0.277. The average molecular weight is 248 g/mol. The SMILES string of the molecule is CN(Cc1ccccc1)C[C@H]1CCCN1CCO. The fraction of sp³-hybridized carbons (Fsp3) is 0.600. The Balaban J connectivity index is 1.81. The van der Waals surface area contributed by atoms with E-state index in [9.17, 15) is 0 Å². The van der Waals surface area contributed by atoms with Gasteiger partial charge in [-0.05, 0) is 32.0 Å². The number of nitrogens with zero attached hydrogens (tertiary/aromatic N) is 2. The Morgan fingerprint density at radius 1 is 1.33 bits per heavy atom. The fourth-order valence-corrected chi connectivity index (χ4v) is 2.84. The zero-order valence-corrected chi connectivity index (χ0v) is 11.3. The van der Waals surface area contributed by atoms with E-state index in [-0.39, 0.29) is 6.61 Å². The predicted octanol–water partition coefficient (Wildman–Crippen LogP) is 1.58. The van der Waals surface area contributed by atoms with Gasteiger partial charge in [0.15, 0.2) is 0 Å². The summed E-state index contributed by atoms with van der Waals surface area (Å²) in [5.74, 6) is 0. The lowest BCUT2D eigenvalue weighted by atomic mass is 10.2. The Labute approximate surface area is 110 Å². The molecule has 0 spiro atoms. The van der Waals surface area contributed by atoms with E-state index in [1.165, 1.54) is 18.4 Å². The Morgan fingerprint density at radius 2 is 2.11 bits per heavy atom. The number of hydrogen-bond donors (Lipinski definition) is 1. The van der Waals surface area contributed by atoms with Gasteiger partial charge < -0.3 is 10.0 Å². The lowest BCUT2D eigenvalue weighted by molar-refractivity contribution is 0.154. The van der Waals surface area contributed by atoms with E-state index >= 15 is 0 Å². The number of benzene rings is 1. The van der Waals surface area contributed by atoms with Crippen LogP contribution in [0.3, 0.4) is 0 Å². The van der Waals surface area contributed by atoms with Gasteiger partial charge >= 0.3 is 0 Å². The second-order valence-electron chi connectivity index (χ2n) is 5.24. The second kappa shape index (κ2) is 6.88. The van der Waals surface area contributed by atoms with Crippen molar-refractivity contribution in [3.8, 4) is 0 Å². The molecule has 0 aliphatic carbocycles. The van der Waals surface area contributed by atoms with Gasteiger partial charge in [0, 0.05) is 25.7 Å². The molecule has 1 heterocycles. The molecule has 0 unspecified atom stereocenters. The molecular formula is C15H24N2O. The van der Waals surface area contributed by atoms with Crippen LogP contribution in [0.5, 0.6) is 0 Å². The van der Waals surface area contributed by atoms with Crippen molar-refractivity contribution in [3.63, 3.8) is 0 Å². The van der Waals surface area contributed by atoms with Gasteiger partial charge in [-0.25, -0.2) is 0 Å². The first-order chi connectivity index (χ1) is 8.79. The van der Waals surface area contributed by atoms with Crippen LogP contribution in [0.25, 0.3) is 0 Å². The van der Waals surface area contributed by atoms with E-state index in [0.29, 0.717) is 6.04 Å². The molecule has 2 rings (SSSR count). The van der Waals surface area contributed by atoms with Crippen LogP contribution in [0.2, 0.25) is 0 Å². The van der Waals surface area contributed by atoms with Crippen molar-refractivity contribution >= 4 is 0 Å². The van der Waals surface area contributed by atoms with Crippen molar-refractivity contribution in [2.75, 3.05) is 33.3 Å². The van der Waals surface area contributed by atoms with E-state index < -0.39 is 0 Å². The highest BCUT2D eigenvalue weighted by atomic mass is 16.3. The maximum Gasteiger partial charge on any atom is 0.0558 e. The summed E-state index contributed by atoms with van der Waals surface area (Å²) in [6, 6.07) is 11.2. The molecule has 0 bridgehead atoms. The van der Waals surface area contributed by atoms with Crippen molar-refractivity contribution < 1.29 is 5.11 Å². The number of rotatable bonds is 6. The maximum absolute atomic E-state index is 9.06. The van der Waals surface area contributed by atoms with Gasteiger partial charge in [0.1, 0.15) is 0 Å². The minimum Gasteiger partial charge on any atom is -0.395 e. The van der Waals surface area contributed by atoms with Crippen LogP contribution in [0, 0.1) is 0 Å². The highest BCUT2D eigenvalue weighted by molar-refractivity contribution is 5.14. The molecule has 0 aromatic heterocycles. The van der Waals surface area contributed by atoms with E-state index in [1.54, 1.807) is 0 Å². The summed E-state index contributed by atoms with van der Waals surface area (Å²) in [6.45, 7) is 4.34. The van der Waals surface area contributed by atoms with Gasteiger partial charge in [0.25, 0.3) is 0 Å². The largest absolute Gasteiger partial charge is 0.395 e. The van der Waals surface area contributed by atoms with E-state index in [1.807, 2.05) is 0 Å². The third-order valence-electron chi connectivity index (χ3n) is 3.70. The van der Waals surface area contributed by atoms with Crippen LogP contribution in [0.1, 0.15) is 18.4 Å². The number of aliphatic hydroxyl groups is 1. The lowest BCUT2D eigenvalue weighted by Crippen LogP contribution is -2.39. The lowest BCUT2D eigenvalue weighted by Gasteiger charge is -2.28. The Bertz CT molecular complexity index is 342. The number of β-amino-alcohol motifs (C(OH)–C–C–N with tert-alkyl or cyclic N) is 1. The zero-order valence-electron chi connectivity index (χ0n) is 11.3. The molecule has 1 fully saturated rings. The van der Waals surface area contributed by atoms with Crippen molar-refractivity contribution in [2.24, 2.45) is 0 Å².